The number of pyridine rings is 1. The summed E-state index contributed by atoms with van der Waals surface area (Å²) in [6.07, 6.45) is 4.60. The van der Waals surface area contributed by atoms with Crippen molar-refractivity contribution in [1.82, 2.24) is 15.2 Å². The molecule has 0 radical (unpaired) electrons. The number of hydrogen-bond donors (Lipinski definition) is 1. The average Bonchev–Trinajstić information content (AvgIpc) is 3.19. The Bertz CT molecular complexity index is 750. The van der Waals surface area contributed by atoms with E-state index in [1.807, 2.05) is 6.07 Å². The Morgan fingerprint density at radius 1 is 1.43 bits per heavy atom. The molecule has 2 saturated heterocycles. The molecule has 5 heteroatoms. The van der Waals surface area contributed by atoms with Crippen LogP contribution in [0.25, 0.3) is 11.0 Å². The Hall–Kier alpha value is -1.88. The summed E-state index contributed by atoms with van der Waals surface area (Å²) in [6, 6.07) is 2.77. The number of rotatable bonds is 3. The smallest absolute Gasteiger partial charge is 0.270 e. The molecule has 0 saturated carbocycles. The van der Waals surface area contributed by atoms with Crippen LogP contribution in [0.15, 0.2) is 22.9 Å². The van der Waals surface area contributed by atoms with Gasteiger partial charge in [0.25, 0.3) is 5.91 Å². The first-order valence-corrected chi connectivity index (χ1v) is 8.45. The topological polar surface area (TPSA) is 58.4 Å². The van der Waals surface area contributed by atoms with Gasteiger partial charge in [-0.3, -0.25) is 9.69 Å². The van der Waals surface area contributed by atoms with Gasteiger partial charge in [0.1, 0.15) is 5.69 Å². The van der Waals surface area contributed by atoms with Crippen molar-refractivity contribution in [2.45, 2.75) is 45.2 Å². The Kier molecular flexibility index (Phi) is 3.41. The van der Waals surface area contributed by atoms with Crippen LogP contribution in [-0.4, -0.2) is 41.0 Å². The molecule has 1 amide bonds. The molecule has 2 fully saturated rings. The second-order valence-corrected chi connectivity index (χ2v) is 7.29. The first kappa shape index (κ1) is 14.7. The van der Waals surface area contributed by atoms with E-state index < -0.39 is 0 Å². The number of furan rings is 1. The molecule has 1 N–H and O–H groups in total. The van der Waals surface area contributed by atoms with Crippen molar-refractivity contribution < 1.29 is 9.21 Å². The van der Waals surface area contributed by atoms with E-state index in [-0.39, 0.29) is 11.9 Å². The van der Waals surface area contributed by atoms with Gasteiger partial charge in [0.05, 0.1) is 12.5 Å². The quantitative estimate of drug-likeness (QED) is 0.946. The van der Waals surface area contributed by atoms with Crippen LogP contribution >= 0.6 is 0 Å². The Balaban J connectivity index is 1.54. The summed E-state index contributed by atoms with van der Waals surface area (Å²) in [4.78, 5) is 19.3. The fourth-order valence-corrected chi connectivity index (χ4v) is 4.02. The van der Waals surface area contributed by atoms with Gasteiger partial charge in [-0.2, -0.15) is 0 Å². The summed E-state index contributed by atoms with van der Waals surface area (Å²) in [5.41, 5.74) is 2.34. The number of nitrogens with zero attached hydrogens (tertiary/aromatic N) is 2. The zero-order valence-electron chi connectivity index (χ0n) is 13.9. The highest BCUT2D eigenvalue weighted by atomic mass is 16.3. The van der Waals surface area contributed by atoms with Gasteiger partial charge in [0, 0.05) is 36.1 Å². The third-order valence-electron chi connectivity index (χ3n) is 5.40. The minimum Gasteiger partial charge on any atom is -0.462 e. The van der Waals surface area contributed by atoms with Crippen molar-refractivity contribution in [2.75, 3.05) is 13.1 Å². The van der Waals surface area contributed by atoms with Crippen LogP contribution in [0.4, 0.5) is 0 Å². The van der Waals surface area contributed by atoms with Crippen LogP contribution < -0.4 is 5.32 Å². The van der Waals surface area contributed by atoms with E-state index >= 15 is 0 Å². The van der Waals surface area contributed by atoms with Gasteiger partial charge in [-0.1, -0.05) is 13.8 Å². The number of amides is 1. The van der Waals surface area contributed by atoms with Crippen LogP contribution in [0.5, 0.6) is 0 Å². The molecule has 4 unspecified atom stereocenters. The largest absolute Gasteiger partial charge is 0.462 e. The van der Waals surface area contributed by atoms with Gasteiger partial charge >= 0.3 is 0 Å². The molecule has 4 heterocycles. The lowest BCUT2D eigenvalue weighted by Gasteiger charge is -2.27. The third kappa shape index (κ3) is 2.43. The van der Waals surface area contributed by atoms with Crippen molar-refractivity contribution in [3.05, 3.63) is 29.8 Å². The molecule has 0 spiro atoms. The predicted molar refractivity (Wildman–Crippen MR) is 88.5 cm³/mol. The van der Waals surface area contributed by atoms with Gasteiger partial charge in [0.15, 0.2) is 5.58 Å². The first-order chi connectivity index (χ1) is 11.0. The Morgan fingerprint density at radius 2 is 2.26 bits per heavy atom. The average molecular weight is 313 g/mol. The summed E-state index contributed by atoms with van der Waals surface area (Å²) in [5, 5.41) is 4.17. The maximum atomic E-state index is 12.6. The highest BCUT2D eigenvalue weighted by Gasteiger charge is 2.42. The molecule has 5 nitrogen and oxygen atoms in total. The molecule has 2 aromatic rings. The van der Waals surface area contributed by atoms with Crippen LogP contribution in [0.2, 0.25) is 0 Å². The van der Waals surface area contributed by atoms with Crippen LogP contribution in [0, 0.1) is 5.92 Å². The van der Waals surface area contributed by atoms with Crippen molar-refractivity contribution in [1.29, 1.82) is 0 Å². The van der Waals surface area contributed by atoms with E-state index in [1.54, 1.807) is 12.5 Å². The number of aromatic nitrogens is 1. The third-order valence-corrected chi connectivity index (χ3v) is 5.40. The molecule has 2 aromatic heterocycles. The fraction of sp³-hybridized carbons (Fsp3) is 0.556. The molecule has 2 aliphatic heterocycles. The van der Waals surface area contributed by atoms with Crippen LogP contribution in [0.3, 0.4) is 0 Å². The van der Waals surface area contributed by atoms with E-state index in [4.69, 9.17) is 4.42 Å². The summed E-state index contributed by atoms with van der Waals surface area (Å²) in [6.45, 7) is 8.57. The zero-order chi connectivity index (χ0) is 16.1. The van der Waals surface area contributed by atoms with E-state index in [9.17, 15) is 4.79 Å². The lowest BCUT2D eigenvalue weighted by Crippen LogP contribution is -2.45. The zero-order valence-corrected chi connectivity index (χ0v) is 13.9. The van der Waals surface area contributed by atoms with Crippen molar-refractivity contribution in [3.63, 3.8) is 0 Å². The maximum Gasteiger partial charge on any atom is 0.270 e. The summed E-state index contributed by atoms with van der Waals surface area (Å²) < 4.78 is 5.53. The minimum atomic E-state index is -0.0748. The van der Waals surface area contributed by atoms with Gasteiger partial charge in [-0.25, -0.2) is 4.98 Å². The molecule has 0 aliphatic carbocycles. The second kappa shape index (κ2) is 5.34. The molecule has 23 heavy (non-hydrogen) atoms. The van der Waals surface area contributed by atoms with Gasteiger partial charge in [-0.05, 0) is 31.2 Å². The molecule has 2 bridgehead atoms. The molecule has 2 aliphatic rings. The number of piperidine rings is 1. The number of carbonyl (C=O) groups is 1. The van der Waals surface area contributed by atoms with Crippen molar-refractivity contribution in [3.8, 4) is 0 Å². The SMILES string of the molecule is CC(C)c1coc2cnc(C(=O)NC3CN4CC3CC4C)cc12. The molecule has 4 atom stereocenters. The predicted octanol–water partition coefficient (Wildman–Crippen LogP) is 2.77. The van der Waals surface area contributed by atoms with Gasteiger partial charge < -0.3 is 9.73 Å². The number of nitrogens with one attached hydrogen (secondary N) is 1. The van der Waals surface area contributed by atoms with Crippen molar-refractivity contribution in [2.24, 2.45) is 5.92 Å². The van der Waals surface area contributed by atoms with Gasteiger partial charge in [0.2, 0.25) is 0 Å². The van der Waals surface area contributed by atoms with Crippen LogP contribution in [0.1, 0.15) is 49.2 Å². The number of hydrogen-bond acceptors (Lipinski definition) is 4. The lowest BCUT2D eigenvalue weighted by atomic mass is 9.96. The highest BCUT2D eigenvalue weighted by molar-refractivity contribution is 5.96. The maximum absolute atomic E-state index is 12.6. The Labute approximate surface area is 136 Å². The molecular weight excluding hydrogens is 290 g/mol. The summed E-state index contributed by atoms with van der Waals surface area (Å²) in [5.74, 6) is 0.862. The summed E-state index contributed by atoms with van der Waals surface area (Å²) >= 11 is 0. The number of carbonyl (C=O) groups excluding carboxylic acids is 1. The highest BCUT2D eigenvalue weighted by Crippen LogP contribution is 2.33. The van der Waals surface area contributed by atoms with Gasteiger partial charge in [-0.15, -0.1) is 0 Å². The van der Waals surface area contributed by atoms with E-state index in [1.165, 1.54) is 6.42 Å². The minimum absolute atomic E-state index is 0.0748. The molecule has 0 aromatic carbocycles. The van der Waals surface area contributed by atoms with Crippen LogP contribution in [-0.2, 0) is 0 Å². The van der Waals surface area contributed by atoms with E-state index in [0.717, 1.165) is 29.6 Å². The van der Waals surface area contributed by atoms with E-state index in [0.29, 0.717) is 23.6 Å². The number of fused-ring (bicyclic) bond motifs is 3. The van der Waals surface area contributed by atoms with E-state index in [2.05, 4.69) is 36.0 Å². The molecule has 122 valence electrons. The van der Waals surface area contributed by atoms with Crippen molar-refractivity contribution >= 4 is 16.9 Å². The normalized spacial score (nSPS) is 29.6. The first-order valence-electron chi connectivity index (χ1n) is 8.45. The summed E-state index contributed by atoms with van der Waals surface area (Å²) in [7, 11) is 0. The lowest BCUT2D eigenvalue weighted by molar-refractivity contribution is 0.0914. The molecule has 4 rings (SSSR count). The fourth-order valence-electron chi connectivity index (χ4n) is 4.02. The molecular formula is C18H23N3O2. The second-order valence-electron chi connectivity index (χ2n) is 7.29. The Morgan fingerprint density at radius 3 is 2.91 bits per heavy atom. The standard InChI is InChI=1S/C18H23N3O2/c1-10(2)14-9-23-17-6-19-15(5-13(14)17)18(22)20-16-8-21-7-12(16)4-11(21)3/h5-6,9-12,16H,4,7-8H2,1-3H3,(H,20,22). The monoisotopic (exact) mass is 313 g/mol.